The number of aryl methyl sites for hydroxylation is 3. The minimum absolute atomic E-state index is 0.0241. The summed E-state index contributed by atoms with van der Waals surface area (Å²) in [5.41, 5.74) is 1.79. The summed E-state index contributed by atoms with van der Waals surface area (Å²) in [5.74, 6) is -0.515. The molecule has 1 atom stereocenters. The molecule has 1 amide bonds. The van der Waals surface area contributed by atoms with E-state index in [9.17, 15) is 14.7 Å². The summed E-state index contributed by atoms with van der Waals surface area (Å²) in [4.78, 5) is 25.9. The summed E-state index contributed by atoms with van der Waals surface area (Å²) in [6.07, 6.45) is 0. The van der Waals surface area contributed by atoms with Crippen molar-refractivity contribution in [3.63, 3.8) is 0 Å². The molecule has 3 rings (SSSR count). The van der Waals surface area contributed by atoms with E-state index in [0.717, 1.165) is 0 Å². The van der Waals surface area contributed by atoms with Gasteiger partial charge < -0.3 is 14.4 Å². The van der Waals surface area contributed by atoms with Gasteiger partial charge in [0.1, 0.15) is 23.3 Å². The Bertz CT molecular complexity index is 888. The van der Waals surface area contributed by atoms with E-state index < -0.39 is 17.7 Å². The van der Waals surface area contributed by atoms with Crippen molar-refractivity contribution in [2.24, 2.45) is 7.05 Å². The maximum absolute atomic E-state index is 12.5. The number of hydrogen-bond acceptors (Lipinski definition) is 5. The van der Waals surface area contributed by atoms with E-state index in [4.69, 9.17) is 4.42 Å². The highest BCUT2D eigenvalue weighted by Crippen LogP contribution is 2.39. The molecule has 0 spiro atoms. The standard InChI is InChI=1S/C17H19N3O4/c1-8-6-7-11(24-8)14-13(16(22)17(23)19(14)4)15(21)12-9(2)18-20(5)10(12)3/h6-7,14,21H,1-5H3/b15-13+. The van der Waals surface area contributed by atoms with Crippen molar-refractivity contribution < 1.29 is 19.1 Å². The second-order valence-corrected chi connectivity index (χ2v) is 6.03. The number of amides is 1. The lowest BCUT2D eigenvalue weighted by atomic mass is 9.98. The lowest BCUT2D eigenvalue weighted by Gasteiger charge is -2.18. The molecule has 1 aliphatic rings. The predicted octanol–water partition coefficient (Wildman–Crippen LogP) is 1.99. The van der Waals surface area contributed by atoms with E-state index in [-0.39, 0.29) is 11.3 Å². The van der Waals surface area contributed by atoms with E-state index in [0.29, 0.717) is 28.5 Å². The Morgan fingerprint density at radius 3 is 2.38 bits per heavy atom. The zero-order valence-electron chi connectivity index (χ0n) is 14.2. The van der Waals surface area contributed by atoms with Crippen molar-refractivity contribution in [3.05, 3.63) is 46.2 Å². The van der Waals surface area contributed by atoms with Gasteiger partial charge in [0.2, 0.25) is 0 Å². The normalized spacial score (nSPS) is 20.2. The number of rotatable bonds is 2. The van der Waals surface area contributed by atoms with Crippen LogP contribution in [0.1, 0.15) is 34.5 Å². The zero-order chi connectivity index (χ0) is 17.8. The fraction of sp³-hybridized carbons (Fsp3) is 0.353. The molecule has 0 bridgehead atoms. The second kappa shape index (κ2) is 5.36. The first-order valence-electron chi connectivity index (χ1n) is 7.55. The molecule has 0 radical (unpaired) electrons. The number of nitrogens with zero attached hydrogens (tertiary/aromatic N) is 3. The van der Waals surface area contributed by atoms with Crippen LogP contribution in [-0.2, 0) is 16.6 Å². The Hall–Kier alpha value is -2.83. The Morgan fingerprint density at radius 2 is 1.88 bits per heavy atom. The SMILES string of the molecule is Cc1ccc(C2/C(=C(\O)c3c(C)nn(C)c3C)C(=O)C(=O)N2C)o1. The monoisotopic (exact) mass is 329 g/mol. The van der Waals surface area contributed by atoms with E-state index >= 15 is 0 Å². The molecule has 7 heteroatoms. The average molecular weight is 329 g/mol. The van der Waals surface area contributed by atoms with E-state index in [1.807, 2.05) is 0 Å². The summed E-state index contributed by atoms with van der Waals surface area (Å²) in [5, 5.41) is 15.1. The van der Waals surface area contributed by atoms with Gasteiger partial charge in [0.15, 0.2) is 0 Å². The summed E-state index contributed by atoms with van der Waals surface area (Å²) in [6, 6.07) is 2.71. The van der Waals surface area contributed by atoms with E-state index in [1.54, 1.807) is 44.6 Å². The smallest absolute Gasteiger partial charge is 0.295 e. The molecule has 126 valence electrons. The van der Waals surface area contributed by atoms with Gasteiger partial charge in [0, 0.05) is 19.8 Å². The maximum Gasteiger partial charge on any atom is 0.295 e. The lowest BCUT2D eigenvalue weighted by Crippen LogP contribution is -2.24. The van der Waals surface area contributed by atoms with Gasteiger partial charge in [-0.15, -0.1) is 0 Å². The minimum atomic E-state index is -0.752. The molecule has 0 aliphatic carbocycles. The molecule has 1 N–H and O–H groups in total. The van der Waals surface area contributed by atoms with Crippen molar-refractivity contribution in [2.45, 2.75) is 26.8 Å². The number of aliphatic hydroxyl groups excluding tert-OH is 1. The van der Waals surface area contributed by atoms with Crippen LogP contribution in [-0.4, -0.2) is 38.5 Å². The molecule has 1 saturated heterocycles. The number of aliphatic hydroxyl groups is 1. The van der Waals surface area contributed by atoms with Crippen LogP contribution in [0.2, 0.25) is 0 Å². The molecule has 2 aromatic heterocycles. The molecule has 1 fully saturated rings. The molecule has 1 aliphatic heterocycles. The third-order valence-electron chi connectivity index (χ3n) is 4.45. The average Bonchev–Trinajstić information content (AvgIpc) is 3.11. The quantitative estimate of drug-likeness (QED) is 0.517. The van der Waals surface area contributed by atoms with Crippen molar-refractivity contribution in [2.75, 3.05) is 7.05 Å². The molecule has 0 aromatic carbocycles. The van der Waals surface area contributed by atoms with Crippen LogP contribution in [0.4, 0.5) is 0 Å². The fourth-order valence-corrected chi connectivity index (χ4v) is 3.13. The Kier molecular flexibility index (Phi) is 3.59. The molecular formula is C17H19N3O4. The van der Waals surface area contributed by atoms with Crippen molar-refractivity contribution in [3.8, 4) is 0 Å². The molecule has 0 saturated carbocycles. The van der Waals surface area contributed by atoms with Gasteiger partial charge in [-0.25, -0.2) is 0 Å². The number of likely N-dealkylation sites (tertiary alicyclic amines) is 1. The maximum atomic E-state index is 12.5. The van der Waals surface area contributed by atoms with E-state index in [1.165, 1.54) is 11.9 Å². The highest BCUT2D eigenvalue weighted by molar-refractivity contribution is 6.46. The van der Waals surface area contributed by atoms with Crippen LogP contribution in [0, 0.1) is 20.8 Å². The van der Waals surface area contributed by atoms with Crippen LogP contribution in [0.5, 0.6) is 0 Å². The van der Waals surface area contributed by atoms with Crippen LogP contribution in [0.25, 0.3) is 5.76 Å². The first kappa shape index (κ1) is 16.0. The zero-order valence-corrected chi connectivity index (χ0v) is 14.2. The highest BCUT2D eigenvalue weighted by Gasteiger charge is 2.46. The predicted molar refractivity (Wildman–Crippen MR) is 86.2 cm³/mol. The number of carbonyl (C=O) groups is 2. The molecule has 1 unspecified atom stereocenters. The van der Waals surface area contributed by atoms with Gasteiger partial charge in [-0.3, -0.25) is 14.3 Å². The summed E-state index contributed by atoms with van der Waals surface area (Å²) >= 11 is 0. The minimum Gasteiger partial charge on any atom is -0.507 e. The number of hydrogen-bond donors (Lipinski definition) is 1. The molecular weight excluding hydrogens is 310 g/mol. The number of likely N-dealkylation sites (N-methyl/N-ethyl adjacent to an activating group) is 1. The second-order valence-electron chi connectivity index (χ2n) is 6.03. The molecule has 3 heterocycles. The van der Waals surface area contributed by atoms with Gasteiger partial charge in [0.25, 0.3) is 11.7 Å². The van der Waals surface area contributed by atoms with Crippen molar-refractivity contribution in [1.82, 2.24) is 14.7 Å². The first-order valence-corrected chi connectivity index (χ1v) is 7.55. The Morgan fingerprint density at radius 1 is 1.21 bits per heavy atom. The van der Waals surface area contributed by atoms with Crippen LogP contribution >= 0.6 is 0 Å². The number of furan rings is 1. The molecule has 2 aromatic rings. The molecule has 7 nitrogen and oxygen atoms in total. The van der Waals surface area contributed by atoms with Crippen molar-refractivity contribution in [1.29, 1.82) is 0 Å². The van der Waals surface area contributed by atoms with Gasteiger partial charge in [-0.1, -0.05) is 0 Å². The number of aromatic nitrogens is 2. The highest BCUT2D eigenvalue weighted by atomic mass is 16.3. The topological polar surface area (TPSA) is 88.6 Å². The lowest BCUT2D eigenvalue weighted by molar-refractivity contribution is -0.139. The summed E-state index contributed by atoms with van der Waals surface area (Å²) < 4.78 is 7.23. The van der Waals surface area contributed by atoms with Gasteiger partial charge >= 0.3 is 0 Å². The third-order valence-corrected chi connectivity index (χ3v) is 4.45. The Balaban J connectivity index is 2.25. The fourth-order valence-electron chi connectivity index (χ4n) is 3.13. The van der Waals surface area contributed by atoms with Crippen LogP contribution in [0.3, 0.4) is 0 Å². The number of carbonyl (C=O) groups excluding carboxylic acids is 2. The van der Waals surface area contributed by atoms with Crippen LogP contribution < -0.4 is 0 Å². The third kappa shape index (κ3) is 2.16. The van der Waals surface area contributed by atoms with Gasteiger partial charge in [0.05, 0.1) is 16.8 Å². The summed E-state index contributed by atoms with van der Waals surface area (Å²) in [6.45, 7) is 5.32. The van der Waals surface area contributed by atoms with Gasteiger partial charge in [-0.05, 0) is 32.9 Å². The Labute approximate surface area is 139 Å². The number of ketones is 1. The number of Topliss-reactive ketones (excluding diaryl/α,β-unsaturated/α-hetero) is 1. The molecule has 24 heavy (non-hydrogen) atoms. The first-order chi connectivity index (χ1) is 11.2. The van der Waals surface area contributed by atoms with Crippen LogP contribution in [0.15, 0.2) is 22.1 Å². The van der Waals surface area contributed by atoms with E-state index in [2.05, 4.69) is 5.10 Å². The largest absolute Gasteiger partial charge is 0.507 e. The van der Waals surface area contributed by atoms with Crippen molar-refractivity contribution >= 4 is 17.4 Å². The van der Waals surface area contributed by atoms with Gasteiger partial charge in [-0.2, -0.15) is 5.10 Å². The summed E-state index contributed by atoms with van der Waals surface area (Å²) in [7, 11) is 3.27.